The molecule has 0 aromatic heterocycles. The van der Waals surface area contributed by atoms with Crippen molar-refractivity contribution < 1.29 is 26.3 Å². The van der Waals surface area contributed by atoms with Gasteiger partial charge in [0, 0.05) is 6.04 Å². The average molecular weight is 271 g/mol. The van der Waals surface area contributed by atoms with E-state index in [1.165, 1.54) is 0 Å². The number of nitrogens with two attached hydrogens (primary N) is 1. The van der Waals surface area contributed by atoms with Gasteiger partial charge >= 0.3 is 12.4 Å². The van der Waals surface area contributed by atoms with E-state index in [1.807, 2.05) is 0 Å². The second-order valence-electron chi connectivity index (χ2n) is 3.98. The van der Waals surface area contributed by atoms with Crippen LogP contribution in [0.3, 0.4) is 0 Å². The molecule has 0 saturated heterocycles. The van der Waals surface area contributed by atoms with Crippen molar-refractivity contribution in [1.29, 1.82) is 0 Å². The van der Waals surface area contributed by atoms with Crippen LogP contribution in [0, 0.1) is 0 Å². The molecule has 0 amide bonds. The molecule has 0 radical (unpaired) electrons. The van der Waals surface area contributed by atoms with Gasteiger partial charge in [-0.2, -0.15) is 26.3 Å². The number of rotatable bonds is 3. The molecule has 1 atom stereocenters. The zero-order chi connectivity index (χ0) is 14.0. The SMILES string of the molecule is NC(Cc1ccc(C(F)(F)F)cc1)CC(F)(F)F. The Morgan fingerprint density at radius 3 is 1.83 bits per heavy atom. The molecule has 0 aliphatic heterocycles. The molecule has 0 heterocycles. The second-order valence-corrected chi connectivity index (χ2v) is 3.98. The lowest BCUT2D eigenvalue weighted by Gasteiger charge is -2.14. The Labute approximate surface area is 99.6 Å². The lowest BCUT2D eigenvalue weighted by Crippen LogP contribution is -2.29. The van der Waals surface area contributed by atoms with Gasteiger partial charge in [0.15, 0.2) is 0 Å². The Hall–Kier alpha value is -1.24. The van der Waals surface area contributed by atoms with Crippen molar-refractivity contribution in [3.8, 4) is 0 Å². The van der Waals surface area contributed by atoms with Gasteiger partial charge in [-0.15, -0.1) is 0 Å². The summed E-state index contributed by atoms with van der Waals surface area (Å²) >= 11 is 0. The molecular formula is C11H11F6N. The highest BCUT2D eigenvalue weighted by Gasteiger charge is 2.31. The maximum absolute atomic E-state index is 12.2. The molecule has 1 unspecified atom stereocenters. The molecule has 0 fully saturated rings. The molecule has 0 bridgehead atoms. The molecule has 1 aromatic carbocycles. The highest BCUT2D eigenvalue weighted by atomic mass is 19.4. The molecule has 0 saturated carbocycles. The third-order valence-corrected chi connectivity index (χ3v) is 2.27. The summed E-state index contributed by atoms with van der Waals surface area (Å²) in [5.74, 6) is 0. The number of halogens is 6. The van der Waals surface area contributed by atoms with Crippen molar-refractivity contribution in [1.82, 2.24) is 0 Å². The molecule has 0 aliphatic carbocycles. The summed E-state index contributed by atoms with van der Waals surface area (Å²) in [6.07, 6.45) is -10.1. The van der Waals surface area contributed by atoms with Crippen molar-refractivity contribution in [3.05, 3.63) is 35.4 Å². The Morgan fingerprint density at radius 2 is 1.44 bits per heavy atom. The first kappa shape index (κ1) is 14.8. The molecule has 0 aliphatic rings. The molecule has 7 heteroatoms. The monoisotopic (exact) mass is 271 g/mol. The van der Waals surface area contributed by atoms with Gasteiger partial charge in [0.2, 0.25) is 0 Å². The zero-order valence-corrected chi connectivity index (χ0v) is 9.15. The Kier molecular flexibility index (Phi) is 4.26. The lowest BCUT2D eigenvalue weighted by atomic mass is 10.0. The minimum absolute atomic E-state index is 0.113. The molecule has 0 spiro atoms. The first-order chi connectivity index (χ1) is 8.08. The number of alkyl halides is 6. The third-order valence-electron chi connectivity index (χ3n) is 2.27. The van der Waals surface area contributed by atoms with Crippen LogP contribution in [-0.4, -0.2) is 12.2 Å². The van der Waals surface area contributed by atoms with Gasteiger partial charge in [-0.25, -0.2) is 0 Å². The van der Waals surface area contributed by atoms with E-state index < -0.39 is 30.4 Å². The Balaban J connectivity index is 2.64. The van der Waals surface area contributed by atoms with Crippen molar-refractivity contribution in [2.24, 2.45) is 5.73 Å². The summed E-state index contributed by atoms with van der Waals surface area (Å²) in [6.45, 7) is 0. The van der Waals surface area contributed by atoms with Gasteiger partial charge in [0.05, 0.1) is 12.0 Å². The number of hydrogen-bond donors (Lipinski definition) is 1. The molecule has 1 nitrogen and oxygen atoms in total. The van der Waals surface area contributed by atoms with Gasteiger partial charge < -0.3 is 5.73 Å². The largest absolute Gasteiger partial charge is 0.416 e. The van der Waals surface area contributed by atoms with Crippen LogP contribution in [0.4, 0.5) is 26.3 Å². The highest BCUT2D eigenvalue weighted by molar-refractivity contribution is 5.25. The third kappa shape index (κ3) is 4.95. The summed E-state index contributed by atoms with van der Waals surface area (Å²) in [5, 5.41) is 0. The summed E-state index contributed by atoms with van der Waals surface area (Å²) < 4.78 is 72.7. The summed E-state index contributed by atoms with van der Waals surface area (Å²) in [5.41, 5.74) is 4.78. The van der Waals surface area contributed by atoms with Crippen LogP contribution in [-0.2, 0) is 12.6 Å². The van der Waals surface area contributed by atoms with Gasteiger partial charge in [0.25, 0.3) is 0 Å². The normalized spacial score (nSPS) is 14.6. The van der Waals surface area contributed by atoms with Crippen LogP contribution in [0.5, 0.6) is 0 Å². The van der Waals surface area contributed by atoms with Crippen molar-refractivity contribution in [2.75, 3.05) is 0 Å². The second kappa shape index (κ2) is 5.17. The van der Waals surface area contributed by atoms with E-state index >= 15 is 0 Å². The van der Waals surface area contributed by atoms with Gasteiger partial charge in [-0.1, -0.05) is 12.1 Å². The molecular weight excluding hydrogens is 260 g/mol. The molecule has 1 aromatic rings. The minimum Gasteiger partial charge on any atom is -0.327 e. The van der Waals surface area contributed by atoms with Gasteiger partial charge in [0.1, 0.15) is 0 Å². The summed E-state index contributed by atoms with van der Waals surface area (Å²) in [6, 6.07) is 2.78. The first-order valence-electron chi connectivity index (χ1n) is 5.06. The molecule has 1 rings (SSSR count). The predicted octanol–water partition coefficient (Wildman–Crippen LogP) is 3.53. The van der Waals surface area contributed by atoms with Crippen LogP contribution in [0.1, 0.15) is 17.5 Å². The van der Waals surface area contributed by atoms with Crippen LogP contribution in [0.2, 0.25) is 0 Å². The number of hydrogen-bond acceptors (Lipinski definition) is 1. The quantitative estimate of drug-likeness (QED) is 0.836. The fraction of sp³-hybridized carbons (Fsp3) is 0.455. The van der Waals surface area contributed by atoms with Gasteiger partial charge in [-0.3, -0.25) is 0 Å². The van der Waals surface area contributed by atoms with Crippen LogP contribution >= 0.6 is 0 Å². The molecule has 18 heavy (non-hydrogen) atoms. The van der Waals surface area contributed by atoms with Crippen molar-refractivity contribution in [3.63, 3.8) is 0 Å². The van der Waals surface area contributed by atoms with E-state index in [9.17, 15) is 26.3 Å². The van der Waals surface area contributed by atoms with Crippen LogP contribution in [0.15, 0.2) is 24.3 Å². The van der Waals surface area contributed by atoms with E-state index in [0.717, 1.165) is 24.3 Å². The van der Waals surface area contributed by atoms with E-state index in [4.69, 9.17) is 5.73 Å². The summed E-state index contributed by atoms with van der Waals surface area (Å²) in [4.78, 5) is 0. The molecule has 2 N–H and O–H groups in total. The zero-order valence-electron chi connectivity index (χ0n) is 9.15. The van der Waals surface area contributed by atoms with E-state index in [0.29, 0.717) is 5.56 Å². The highest BCUT2D eigenvalue weighted by Crippen LogP contribution is 2.29. The Bertz CT molecular complexity index is 378. The molecule has 102 valence electrons. The smallest absolute Gasteiger partial charge is 0.327 e. The van der Waals surface area contributed by atoms with Crippen LogP contribution < -0.4 is 5.73 Å². The first-order valence-corrected chi connectivity index (χ1v) is 5.06. The maximum atomic E-state index is 12.2. The predicted molar refractivity (Wildman–Crippen MR) is 53.8 cm³/mol. The lowest BCUT2D eigenvalue weighted by molar-refractivity contribution is -0.138. The topological polar surface area (TPSA) is 26.0 Å². The van der Waals surface area contributed by atoms with E-state index in [2.05, 4.69) is 0 Å². The van der Waals surface area contributed by atoms with Crippen molar-refractivity contribution in [2.45, 2.75) is 31.2 Å². The fourth-order valence-electron chi connectivity index (χ4n) is 1.50. The van der Waals surface area contributed by atoms with Crippen molar-refractivity contribution >= 4 is 0 Å². The maximum Gasteiger partial charge on any atom is 0.416 e. The Morgan fingerprint density at radius 1 is 0.944 bits per heavy atom. The standard InChI is InChI=1S/C11H11F6N/c12-10(13,14)6-9(18)5-7-1-3-8(4-2-7)11(15,16)17/h1-4,9H,5-6,18H2. The number of benzene rings is 1. The average Bonchev–Trinajstić information content (AvgIpc) is 2.13. The fourth-order valence-corrected chi connectivity index (χ4v) is 1.50. The van der Waals surface area contributed by atoms with E-state index in [-0.39, 0.29) is 6.42 Å². The summed E-state index contributed by atoms with van der Waals surface area (Å²) in [7, 11) is 0. The van der Waals surface area contributed by atoms with E-state index in [1.54, 1.807) is 0 Å². The van der Waals surface area contributed by atoms with Crippen LogP contribution in [0.25, 0.3) is 0 Å². The minimum atomic E-state index is -4.45. The van der Waals surface area contributed by atoms with Gasteiger partial charge in [-0.05, 0) is 24.1 Å².